The van der Waals surface area contributed by atoms with Gasteiger partial charge in [0.1, 0.15) is 19.3 Å². The highest BCUT2D eigenvalue weighted by atomic mass is 31.2. The number of carbonyl (C=O) groups is 2. The molecule has 0 aromatic heterocycles. The Labute approximate surface area is 472 Å². The maximum absolute atomic E-state index is 13.6. The topological polar surface area (TPSA) is 114 Å². The minimum Gasteiger partial charge on any atom is -0.756 e. The van der Waals surface area contributed by atoms with Gasteiger partial charge in [-0.3, -0.25) is 14.2 Å². The third-order valence-electron chi connectivity index (χ3n) is 14.9. The van der Waals surface area contributed by atoms with Crippen LogP contribution in [-0.2, 0) is 27.9 Å². The van der Waals surface area contributed by atoms with Gasteiger partial charge in [-0.1, -0.05) is 289 Å². The van der Waals surface area contributed by atoms with Crippen LogP contribution in [0.2, 0.25) is 0 Å². The van der Waals surface area contributed by atoms with Crippen molar-refractivity contribution in [2.75, 3.05) is 40.9 Å². The average molecular weight is 1090 g/mol. The number of quaternary nitrogens is 1. The van der Waals surface area contributed by atoms with Crippen molar-refractivity contribution in [1.82, 2.24) is 5.32 Å². The van der Waals surface area contributed by atoms with Crippen molar-refractivity contribution in [2.45, 2.75) is 335 Å². The molecule has 9 nitrogen and oxygen atoms in total. The number of amides is 1. The minimum absolute atomic E-state index is 0.0219. The normalized spacial score (nSPS) is 13.8. The summed E-state index contributed by atoms with van der Waals surface area (Å²) in [7, 11) is 1.19. The van der Waals surface area contributed by atoms with Crippen molar-refractivity contribution in [3.05, 3.63) is 36.5 Å². The van der Waals surface area contributed by atoms with Crippen LogP contribution in [0.1, 0.15) is 323 Å². The molecule has 0 spiro atoms. The van der Waals surface area contributed by atoms with E-state index in [-0.39, 0.29) is 31.5 Å². The molecule has 0 aliphatic carbocycles. The standard InChI is InChI=1S/C66H127N2O7P/c1-7-10-13-16-19-22-25-28-30-31-32-33-34-35-36-37-39-40-43-46-49-52-55-58-65(69)67-63(62-74-76(71,72)73-61-60-68(4,5)6)64(57-54-51-48-45-42-27-24-21-18-15-12-9-3)75-66(70)59-56-53-50-47-44-41-38-29-26-23-20-17-14-11-8-2/h20,23,26,29,54,57,63-64H,7-19,21-22,24-25,27-28,30-53,55-56,58-62H2,1-6H3,(H-,67,69,71,72)/b23-20+,29-26+,57-54-. The minimum atomic E-state index is -4.70. The molecule has 0 aromatic rings. The Morgan fingerprint density at radius 3 is 1.18 bits per heavy atom. The maximum Gasteiger partial charge on any atom is 0.306 e. The zero-order valence-corrected chi connectivity index (χ0v) is 52.1. The van der Waals surface area contributed by atoms with E-state index < -0.39 is 20.0 Å². The molecule has 0 saturated heterocycles. The number of carbonyl (C=O) groups excluding carboxylic acids is 2. The lowest BCUT2D eigenvalue weighted by Gasteiger charge is -2.30. The fraction of sp³-hybridized carbons (Fsp3) is 0.879. The molecule has 10 heteroatoms. The smallest absolute Gasteiger partial charge is 0.306 e. The molecular formula is C66H127N2O7P. The lowest BCUT2D eigenvalue weighted by atomic mass is 10.0. The lowest BCUT2D eigenvalue weighted by Crippen LogP contribution is -2.47. The summed E-state index contributed by atoms with van der Waals surface area (Å²) in [5, 5.41) is 3.04. The van der Waals surface area contributed by atoms with E-state index in [1.54, 1.807) is 0 Å². The molecule has 1 amide bonds. The summed E-state index contributed by atoms with van der Waals surface area (Å²) >= 11 is 0. The monoisotopic (exact) mass is 1090 g/mol. The molecule has 3 unspecified atom stereocenters. The van der Waals surface area contributed by atoms with Crippen molar-refractivity contribution in [3.63, 3.8) is 0 Å². The van der Waals surface area contributed by atoms with E-state index in [0.717, 1.165) is 77.0 Å². The zero-order chi connectivity index (χ0) is 55.7. The summed E-state index contributed by atoms with van der Waals surface area (Å²) in [5.74, 6) is -0.540. The third-order valence-corrected chi connectivity index (χ3v) is 15.8. The van der Waals surface area contributed by atoms with Crippen LogP contribution >= 0.6 is 7.82 Å². The molecule has 448 valence electrons. The van der Waals surface area contributed by atoms with Crippen LogP contribution in [0.5, 0.6) is 0 Å². The first-order valence-electron chi connectivity index (χ1n) is 32.8. The first kappa shape index (κ1) is 74.2. The molecular weight excluding hydrogens is 964 g/mol. The second-order valence-corrected chi connectivity index (χ2v) is 25.1. The molecule has 76 heavy (non-hydrogen) atoms. The highest BCUT2D eigenvalue weighted by Crippen LogP contribution is 2.38. The van der Waals surface area contributed by atoms with Crippen LogP contribution in [-0.4, -0.2) is 69.4 Å². The number of likely N-dealkylation sites (N-methyl/N-ethyl adjacent to an activating group) is 1. The van der Waals surface area contributed by atoms with Gasteiger partial charge in [0.2, 0.25) is 5.91 Å². The van der Waals surface area contributed by atoms with Crippen LogP contribution in [0.25, 0.3) is 0 Å². The van der Waals surface area contributed by atoms with Crippen molar-refractivity contribution < 1.29 is 37.3 Å². The van der Waals surface area contributed by atoms with Gasteiger partial charge in [0, 0.05) is 12.8 Å². The van der Waals surface area contributed by atoms with Gasteiger partial charge >= 0.3 is 5.97 Å². The summed E-state index contributed by atoms with van der Waals surface area (Å²) in [6.07, 6.45) is 68.3. The molecule has 0 bridgehead atoms. The number of allylic oxidation sites excluding steroid dienone is 5. The predicted octanol–water partition coefficient (Wildman–Crippen LogP) is 19.7. The number of hydrogen-bond acceptors (Lipinski definition) is 7. The molecule has 0 aliphatic heterocycles. The van der Waals surface area contributed by atoms with E-state index >= 15 is 0 Å². The summed E-state index contributed by atoms with van der Waals surface area (Å²) in [4.78, 5) is 40.0. The third kappa shape index (κ3) is 56.9. The fourth-order valence-corrected chi connectivity index (χ4v) is 10.5. The van der Waals surface area contributed by atoms with Crippen molar-refractivity contribution in [2.24, 2.45) is 0 Å². The lowest BCUT2D eigenvalue weighted by molar-refractivity contribution is -0.870. The number of ether oxygens (including phenoxy) is 1. The van der Waals surface area contributed by atoms with Crippen molar-refractivity contribution >= 4 is 19.7 Å². The fourth-order valence-electron chi connectivity index (χ4n) is 9.75. The van der Waals surface area contributed by atoms with Gasteiger partial charge in [-0.05, 0) is 57.4 Å². The van der Waals surface area contributed by atoms with E-state index in [4.69, 9.17) is 13.8 Å². The number of nitrogens with one attached hydrogen (secondary N) is 1. The molecule has 0 aliphatic rings. The molecule has 0 radical (unpaired) electrons. The Kier molecular flexibility index (Phi) is 55.2. The average Bonchev–Trinajstić information content (AvgIpc) is 3.38. The van der Waals surface area contributed by atoms with Crippen LogP contribution in [0.15, 0.2) is 36.5 Å². The van der Waals surface area contributed by atoms with Crippen LogP contribution in [0, 0.1) is 0 Å². The van der Waals surface area contributed by atoms with E-state index in [9.17, 15) is 19.0 Å². The van der Waals surface area contributed by atoms with Crippen LogP contribution in [0.4, 0.5) is 0 Å². The van der Waals surface area contributed by atoms with Gasteiger partial charge in [0.15, 0.2) is 0 Å². The Bertz CT molecular complexity index is 1400. The Morgan fingerprint density at radius 2 is 0.789 bits per heavy atom. The van der Waals surface area contributed by atoms with Gasteiger partial charge in [-0.2, -0.15) is 0 Å². The number of phosphoric ester groups is 1. The predicted molar refractivity (Wildman–Crippen MR) is 326 cm³/mol. The maximum atomic E-state index is 13.6. The SMILES string of the molecule is CCCCC/C=C/C=C/CCCCCCCCC(=O)OC(/C=C\CCCCCCCCCCCC)C(COP(=O)([O-])OCC[N+](C)(C)C)NC(=O)CCCCCCCCCCCCCCCCCCCCCCCCC. The highest BCUT2D eigenvalue weighted by molar-refractivity contribution is 7.45. The van der Waals surface area contributed by atoms with Crippen molar-refractivity contribution in [3.8, 4) is 0 Å². The molecule has 0 aromatic carbocycles. The second-order valence-electron chi connectivity index (χ2n) is 23.7. The number of phosphoric acid groups is 1. The van der Waals surface area contributed by atoms with Gasteiger partial charge in [-0.25, -0.2) is 0 Å². The number of nitrogens with zero attached hydrogens (tertiary/aromatic N) is 1. The first-order chi connectivity index (χ1) is 36.9. The van der Waals surface area contributed by atoms with Crippen LogP contribution in [0.3, 0.4) is 0 Å². The number of rotatable bonds is 60. The molecule has 0 rings (SSSR count). The first-order valence-corrected chi connectivity index (χ1v) is 34.3. The van der Waals surface area contributed by atoms with E-state index in [1.807, 2.05) is 33.3 Å². The molecule has 3 atom stereocenters. The van der Waals surface area contributed by atoms with Crippen LogP contribution < -0.4 is 10.2 Å². The number of unbranched alkanes of at least 4 members (excludes halogenated alkanes) is 41. The number of hydrogen-bond donors (Lipinski definition) is 1. The van der Waals surface area contributed by atoms with E-state index in [0.29, 0.717) is 17.4 Å². The molecule has 1 N–H and O–H groups in total. The molecule has 0 fully saturated rings. The van der Waals surface area contributed by atoms with Gasteiger partial charge in [0.25, 0.3) is 7.82 Å². The Morgan fingerprint density at radius 1 is 0.461 bits per heavy atom. The Hall–Kier alpha value is -1.77. The largest absolute Gasteiger partial charge is 0.756 e. The number of esters is 1. The summed E-state index contributed by atoms with van der Waals surface area (Å²) in [6, 6.07) is -0.889. The summed E-state index contributed by atoms with van der Waals surface area (Å²) in [5.41, 5.74) is 0. The van der Waals surface area contributed by atoms with Gasteiger partial charge < -0.3 is 28.5 Å². The van der Waals surface area contributed by atoms with E-state index in [2.05, 4.69) is 50.4 Å². The second kappa shape index (κ2) is 56.5. The van der Waals surface area contributed by atoms with E-state index in [1.165, 1.54) is 212 Å². The summed E-state index contributed by atoms with van der Waals surface area (Å²) in [6.45, 7) is 6.85. The Balaban J connectivity index is 5.11. The molecule has 0 saturated carbocycles. The quantitative estimate of drug-likeness (QED) is 0.0161. The highest BCUT2D eigenvalue weighted by Gasteiger charge is 2.27. The molecule has 0 heterocycles. The summed E-state index contributed by atoms with van der Waals surface area (Å²) < 4.78 is 30.3. The van der Waals surface area contributed by atoms with Gasteiger partial charge in [-0.15, -0.1) is 0 Å². The van der Waals surface area contributed by atoms with Gasteiger partial charge in [0.05, 0.1) is 33.8 Å². The van der Waals surface area contributed by atoms with Crippen molar-refractivity contribution in [1.29, 1.82) is 0 Å². The zero-order valence-electron chi connectivity index (χ0n) is 51.2.